The molecule has 1 aromatic heterocycles. The highest BCUT2D eigenvalue weighted by atomic mass is 16.3. The van der Waals surface area contributed by atoms with Crippen LogP contribution in [0, 0.1) is 11.8 Å². The molecule has 0 radical (unpaired) electrons. The van der Waals surface area contributed by atoms with Gasteiger partial charge in [0.15, 0.2) is 0 Å². The van der Waals surface area contributed by atoms with Gasteiger partial charge in [-0.25, -0.2) is 0 Å². The van der Waals surface area contributed by atoms with Gasteiger partial charge in [0.05, 0.1) is 0 Å². The van der Waals surface area contributed by atoms with E-state index in [2.05, 4.69) is 35.9 Å². The van der Waals surface area contributed by atoms with E-state index in [1.807, 2.05) is 29.2 Å². The molecular weight excluding hydrogens is 340 g/mol. The van der Waals surface area contributed by atoms with Gasteiger partial charge in [0, 0.05) is 68.6 Å². The Bertz CT molecular complexity index is 774. The summed E-state index contributed by atoms with van der Waals surface area (Å²) in [4.78, 5) is 23.7. The molecule has 0 bridgehead atoms. The van der Waals surface area contributed by atoms with Gasteiger partial charge in [-0.1, -0.05) is 12.1 Å². The lowest BCUT2D eigenvalue weighted by Gasteiger charge is -2.25. The number of aliphatic hydroxyl groups excluding tert-OH is 1. The quantitative estimate of drug-likeness (QED) is 0.799. The maximum absolute atomic E-state index is 13.2. The van der Waals surface area contributed by atoms with Crippen LogP contribution in [-0.4, -0.2) is 91.2 Å². The van der Waals surface area contributed by atoms with Crippen LogP contribution in [0.5, 0.6) is 0 Å². The Morgan fingerprint density at radius 3 is 2.70 bits per heavy atom. The van der Waals surface area contributed by atoms with Gasteiger partial charge in [-0.3, -0.25) is 9.78 Å². The Morgan fingerprint density at radius 1 is 1.19 bits per heavy atom. The van der Waals surface area contributed by atoms with E-state index in [0.29, 0.717) is 24.6 Å². The molecule has 3 rings (SSSR count). The van der Waals surface area contributed by atoms with Gasteiger partial charge in [-0.2, -0.15) is 0 Å². The summed E-state index contributed by atoms with van der Waals surface area (Å²) in [7, 11) is 6.25. The van der Waals surface area contributed by atoms with E-state index in [1.165, 1.54) is 0 Å². The van der Waals surface area contributed by atoms with E-state index in [4.69, 9.17) is 0 Å². The van der Waals surface area contributed by atoms with Crippen LogP contribution in [0.4, 0.5) is 0 Å². The van der Waals surface area contributed by atoms with Gasteiger partial charge in [0.25, 0.3) is 5.91 Å². The molecule has 0 aliphatic carbocycles. The van der Waals surface area contributed by atoms with Crippen LogP contribution in [-0.2, 0) is 0 Å². The van der Waals surface area contributed by atoms with Crippen molar-refractivity contribution in [2.24, 2.45) is 11.8 Å². The summed E-state index contributed by atoms with van der Waals surface area (Å²) in [5.41, 5.74) is 0.716. The minimum Gasteiger partial charge on any atom is -0.396 e. The zero-order valence-corrected chi connectivity index (χ0v) is 16.5. The van der Waals surface area contributed by atoms with Gasteiger partial charge < -0.3 is 19.8 Å². The first-order chi connectivity index (χ1) is 13.0. The van der Waals surface area contributed by atoms with Gasteiger partial charge in [0.1, 0.15) is 0 Å². The lowest BCUT2D eigenvalue weighted by atomic mass is 9.96. The molecule has 1 aliphatic rings. The predicted octanol–water partition coefficient (Wildman–Crippen LogP) is 1.41. The first kappa shape index (κ1) is 19.7. The highest BCUT2D eigenvalue weighted by Gasteiger charge is 2.35. The Kier molecular flexibility index (Phi) is 6.42. The summed E-state index contributed by atoms with van der Waals surface area (Å²) >= 11 is 0. The third-order valence-corrected chi connectivity index (χ3v) is 5.48. The molecule has 1 N–H and O–H groups in total. The van der Waals surface area contributed by atoms with E-state index in [1.54, 1.807) is 12.4 Å². The zero-order valence-electron chi connectivity index (χ0n) is 16.5. The highest BCUT2D eigenvalue weighted by Crippen LogP contribution is 2.27. The fourth-order valence-corrected chi connectivity index (χ4v) is 3.86. The molecule has 0 saturated carbocycles. The Morgan fingerprint density at radius 2 is 1.96 bits per heavy atom. The number of aliphatic hydroxyl groups is 1. The van der Waals surface area contributed by atoms with E-state index >= 15 is 0 Å². The summed E-state index contributed by atoms with van der Waals surface area (Å²) in [6.45, 7) is 4.30. The van der Waals surface area contributed by atoms with Crippen molar-refractivity contribution in [1.29, 1.82) is 0 Å². The van der Waals surface area contributed by atoms with Gasteiger partial charge in [-0.05, 0) is 44.6 Å². The molecule has 2 heterocycles. The molecule has 6 heteroatoms. The molecule has 0 unspecified atom stereocenters. The first-order valence-electron chi connectivity index (χ1n) is 9.55. The molecule has 1 aliphatic heterocycles. The minimum atomic E-state index is 0.0451. The SMILES string of the molecule is CN(C)CCN(C)C[C@@H]1CN(C(=O)c2cccc3cnccc23)C[C@@H]1CO. The second kappa shape index (κ2) is 8.78. The van der Waals surface area contributed by atoms with Crippen molar-refractivity contribution >= 4 is 16.7 Å². The standard InChI is InChI=1S/C21H30N4O2/c1-23(2)9-10-24(3)12-17-13-25(14-18(17)15-26)21(27)20-6-4-5-16-11-22-8-7-19(16)20/h4-8,11,17-18,26H,9-10,12-15H2,1-3H3/t17-,18-/m1/s1. The topological polar surface area (TPSA) is 59.9 Å². The molecule has 1 amide bonds. The Balaban J connectivity index is 1.71. The number of fused-ring (bicyclic) bond motifs is 1. The van der Waals surface area contributed by atoms with Crippen LogP contribution in [0.3, 0.4) is 0 Å². The fraction of sp³-hybridized carbons (Fsp3) is 0.524. The van der Waals surface area contributed by atoms with Crippen LogP contribution < -0.4 is 0 Å². The van der Waals surface area contributed by atoms with Crippen molar-refractivity contribution < 1.29 is 9.90 Å². The van der Waals surface area contributed by atoms with Crippen molar-refractivity contribution in [2.75, 3.05) is 60.5 Å². The molecule has 1 saturated heterocycles. The molecule has 146 valence electrons. The third kappa shape index (κ3) is 4.64. The minimum absolute atomic E-state index is 0.0451. The van der Waals surface area contributed by atoms with E-state index < -0.39 is 0 Å². The number of rotatable bonds is 7. The molecule has 6 nitrogen and oxygen atoms in total. The summed E-state index contributed by atoms with van der Waals surface area (Å²) in [6, 6.07) is 7.66. The van der Waals surface area contributed by atoms with Gasteiger partial charge in [0.2, 0.25) is 0 Å². The zero-order chi connectivity index (χ0) is 19.4. The van der Waals surface area contributed by atoms with Crippen molar-refractivity contribution in [2.45, 2.75) is 0 Å². The largest absolute Gasteiger partial charge is 0.396 e. The van der Waals surface area contributed by atoms with Crippen LogP contribution in [0.15, 0.2) is 36.7 Å². The predicted molar refractivity (Wildman–Crippen MR) is 108 cm³/mol. The lowest BCUT2D eigenvalue weighted by Crippen LogP contribution is -2.35. The second-order valence-corrected chi connectivity index (χ2v) is 7.88. The molecule has 27 heavy (non-hydrogen) atoms. The average Bonchev–Trinajstić information content (AvgIpc) is 3.08. The van der Waals surface area contributed by atoms with Crippen LogP contribution in [0.25, 0.3) is 10.8 Å². The molecule has 2 atom stereocenters. The molecule has 0 spiro atoms. The summed E-state index contributed by atoms with van der Waals surface area (Å²) in [6.07, 6.45) is 3.51. The third-order valence-electron chi connectivity index (χ3n) is 5.48. The molecule has 1 aromatic carbocycles. The van der Waals surface area contributed by atoms with Crippen molar-refractivity contribution in [1.82, 2.24) is 19.7 Å². The number of amides is 1. The number of carbonyl (C=O) groups is 1. The maximum Gasteiger partial charge on any atom is 0.254 e. The molecule has 2 aromatic rings. The van der Waals surface area contributed by atoms with Crippen LogP contribution in [0.2, 0.25) is 0 Å². The van der Waals surface area contributed by atoms with Crippen molar-refractivity contribution in [3.63, 3.8) is 0 Å². The Labute approximate surface area is 161 Å². The fourth-order valence-electron chi connectivity index (χ4n) is 3.86. The normalized spacial score (nSPS) is 20.1. The van der Waals surface area contributed by atoms with E-state index in [0.717, 1.165) is 30.4 Å². The van der Waals surface area contributed by atoms with E-state index in [-0.39, 0.29) is 18.4 Å². The number of nitrogens with zero attached hydrogens (tertiary/aromatic N) is 4. The van der Waals surface area contributed by atoms with Crippen LogP contribution in [0.1, 0.15) is 10.4 Å². The first-order valence-corrected chi connectivity index (χ1v) is 9.55. The number of carbonyl (C=O) groups excluding carboxylic acids is 1. The Hall–Kier alpha value is -2.02. The number of aromatic nitrogens is 1. The number of benzene rings is 1. The van der Waals surface area contributed by atoms with Crippen molar-refractivity contribution in [3.05, 3.63) is 42.2 Å². The number of hydrogen-bond acceptors (Lipinski definition) is 5. The summed E-state index contributed by atoms with van der Waals surface area (Å²) < 4.78 is 0. The van der Waals surface area contributed by atoms with Gasteiger partial charge >= 0.3 is 0 Å². The molecule has 1 fully saturated rings. The number of likely N-dealkylation sites (N-methyl/N-ethyl adjacent to an activating group) is 2. The maximum atomic E-state index is 13.2. The average molecular weight is 370 g/mol. The number of likely N-dealkylation sites (tertiary alicyclic amines) is 1. The number of hydrogen-bond donors (Lipinski definition) is 1. The summed E-state index contributed by atoms with van der Waals surface area (Å²) in [5, 5.41) is 11.7. The molecular formula is C21H30N4O2. The van der Waals surface area contributed by atoms with Gasteiger partial charge in [-0.15, -0.1) is 0 Å². The highest BCUT2D eigenvalue weighted by molar-refractivity contribution is 6.06. The monoisotopic (exact) mass is 370 g/mol. The van der Waals surface area contributed by atoms with E-state index in [9.17, 15) is 9.90 Å². The number of pyridine rings is 1. The van der Waals surface area contributed by atoms with Crippen molar-refractivity contribution in [3.8, 4) is 0 Å². The smallest absolute Gasteiger partial charge is 0.254 e. The second-order valence-electron chi connectivity index (χ2n) is 7.88. The lowest BCUT2D eigenvalue weighted by molar-refractivity contribution is 0.0781. The van der Waals surface area contributed by atoms with Crippen LogP contribution >= 0.6 is 0 Å². The summed E-state index contributed by atoms with van der Waals surface area (Å²) in [5.74, 6) is 0.471.